The number of cyclic esters (lactones) is 1. The van der Waals surface area contributed by atoms with Crippen LogP contribution in [0.15, 0.2) is 30.3 Å². The Kier molecular flexibility index (Phi) is 4.59. The van der Waals surface area contributed by atoms with Crippen LogP contribution >= 0.6 is 0 Å². The summed E-state index contributed by atoms with van der Waals surface area (Å²) in [4.78, 5) is 34.5. The van der Waals surface area contributed by atoms with Crippen LogP contribution in [-0.4, -0.2) is 32.1 Å². The molecule has 9 heteroatoms. The largest absolute Gasteiger partial charge is 0.545 e. The van der Waals surface area contributed by atoms with E-state index >= 15 is 0 Å². The molecule has 1 heterocycles. The molecule has 0 saturated carbocycles. The highest BCUT2D eigenvalue weighted by molar-refractivity contribution is 5.98. The molecule has 1 aliphatic heterocycles. The number of carboxylic acids is 2. The summed E-state index contributed by atoms with van der Waals surface area (Å²) in [5.74, 6) is -3.25. The van der Waals surface area contributed by atoms with Gasteiger partial charge in [-0.1, -0.05) is 0 Å². The minimum atomic E-state index is -1.56. The van der Waals surface area contributed by atoms with Gasteiger partial charge in [-0.15, -0.1) is 0 Å². The molecule has 0 aliphatic carbocycles. The van der Waals surface area contributed by atoms with Gasteiger partial charge in [0.1, 0.15) is 5.56 Å². The summed E-state index contributed by atoms with van der Waals surface area (Å²) in [6.07, 6.45) is -0.987. The lowest BCUT2D eigenvalue weighted by atomic mass is 10.1. The molecule has 0 aromatic heterocycles. The zero-order chi connectivity index (χ0) is 19.7. The van der Waals surface area contributed by atoms with E-state index in [1.54, 1.807) is 12.1 Å². The smallest absolute Gasteiger partial charge is 0.344 e. The van der Waals surface area contributed by atoms with Gasteiger partial charge in [0.25, 0.3) is 0 Å². The van der Waals surface area contributed by atoms with Crippen molar-refractivity contribution in [2.75, 3.05) is 19.5 Å². The van der Waals surface area contributed by atoms with Gasteiger partial charge < -0.3 is 39.3 Å². The van der Waals surface area contributed by atoms with Gasteiger partial charge in [0.2, 0.25) is 6.23 Å². The summed E-state index contributed by atoms with van der Waals surface area (Å²) in [6.45, 7) is 0. The van der Waals surface area contributed by atoms with Crippen molar-refractivity contribution >= 4 is 23.6 Å². The van der Waals surface area contributed by atoms with Crippen LogP contribution in [-0.2, 0) is 4.74 Å². The second-order valence-electron chi connectivity index (χ2n) is 5.57. The third-order valence-electron chi connectivity index (χ3n) is 3.99. The summed E-state index contributed by atoms with van der Waals surface area (Å²) in [6, 6.07) is 6.40. The molecule has 2 aromatic carbocycles. The second-order valence-corrected chi connectivity index (χ2v) is 5.57. The molecule has 2 aromatic rings. The van der Waals surface area contributed by atoms with Gasteiger partial charge in [-0.3, -0.25) is 0 Å². The van der Waals surface area contributed by atoms with Gasteiger partial charge in [-0.05, 0) is 41.5 Å². The van der Waals surface area contributed by atoms with Crippen molar-refractivity contribution in [2.24, 2.45) is 0 Å². The molecular formula is C18H13NO8-2. The van der Waals surface area contributed by atoms with Gasteiger partial charge in [0.15, 0.2) is 11.5 Å². The van der Waals surface area contributed by atoms with Crippen molar-refractivity contribution in [1.82, 2.24) is 0 Å². The summed E-state index contributed by atoms with van der Waals surface area (Å²) in [5.41, 5.74) is -0.0551. The first-order valence-corrected chi connectivity index (χ1v) is 7.66. The molecule has 0 saturated heterocycles. The quantitative estimate of drug-likeness (QED) is 0.679. The number of aromatic carboxylic acids is 2. The maximum atomic E-state index is 12.3. The van der Waals surface area contributed by atoms with Crippen LogP contribution in [0.4, 0.5) is 5.69 Å². The number of nitrogens with one attached hydrogen (secondary N) is 1. The molecule has 0 amide bonds. The molecule has 0 unspecified atom stereocenters. The minimum Gasteiger partial charge on any atom is -0.545 e. The summed E-state index contributed by atoms with van der Waals surface area (Å²) >= 11 is 0. The van der Waals surface area contributed by atoms with Crippen LogP contribution < -0.4 is 25.0 Å². The van der Waals surface area contributed by atoms with Crippen LogP contribution in [0, 0.1) is 0 Å². The first-order valence-electron chi connectivity index (χ1n) is 7.66. The van der Waals surface area contributed by atoms with Crippen LogP contribution in [0.1, 0.15) is 42.9 Å². The lowest BCUT2D eigenvalue weighted by Gasteiger charge is -2.17. The Morgan fingerprint density at radius 1 is 1.04 bits per heavy atom. The van der Waals surface area contributed by atoms with E-state index in [-0.39, 0.29) is 28.1 Å². The maximum Gasteiger partial charge on any atom is 0.344 e. The molecule has 0 bridgehead atoms. The van der Waals surface area contributed by atoms with Gasteiger partial charge in [0, 0.05) is 11.3 Å². The van der Waals surface area contributed by atoms with Crippen LogP contribution in [0.3, 0.4) is 0 Å². The third kappa shape index (κ3) is 3.22. The zero-order valence-corrected chi connectivity index (χ0v) is 14.2. The highest BCUT2D eigenvalue weighted by Gasteiger charge is 2.36. The molecule has 1 aliphatic rings. The Bertz CT molecular complexity index is 920. The van der Waals surface area contributed by atoms with E-state index in [1.807, 2.05) is 0 Å². The van der Waals surface area contributed by atoms with E-state index in [0.29, 0.717) is 11.3 Å². The van der Waals surface area contributed by atoms with Gasteiger partial charge >= 0.3 is 5.97 Å². The van der Waals surface area contributed by atoms with E-state index in [0.717, 1.165) is 18.2 Å². The Labute approximate surface area is 153 Å². The van der Waals surface area contributed by atoms with Crippen LogP contribution in [0.25, 0.3) is 0 Å². The maximum absolute atomic E-state index is 12.3. The number of fused-ring (bicyclic) bond motifs is 1. The molecule has 9 nitrogen and oxygen atoms in total. The van der Waals surface area contributed by atoms with E-state index < -0.39 is 24.1 Å². The number of rotatable bonds is 6. The zero-order valence-electron chi connectivity index (χ0n) is 14.2. The van der Waals surface area contributed by atoms with E-state index in [9.17, 15) is 24.6 Å². The van der Waals surface area contributed by atoms with Gasteiger partial charge in [-0.2, -0.15) is 0 Å². The molecule has 1 atom stereocenters. The third-order valence-corrected chi connectivity index (χ3v) is 3.99. The number of methoxy groups -OCH3 is 2. The number of carbonyl (C=O) groups excluding carboxylic acids is 3. The first-order chi connectivity index (χ1) is 12.8. The number of anilines is 1. The second kappa shape index (κ2) is 6.87. The standard InChI is InChI=1S/C18H15NO8/c1-25-12-4-3-11-13(14(12)26-2)18(24)27-15(11)19-10-6-8(16(20)21)5-9(7-10)17(22)23/h3-7,15,19H,1-2H3,(H,20,21)(H,22,23)/p-2/t15-/m0/s1. The fraction of sp³-hybridized carbons (Fsp3) is 0.167. The van der Waals surface area contributed by atoms with Crippen molar-refractivity contribution in [3.05, 3.63) is 52.6 Å². The average Bonchev–Trinajstić information content (AvgIpc) is 2.96. The molecule has 1 N–H and O–H groups in total. The van der Waals surface area contributed by atoms with Crippen molar-refractivity contribution in [1.29, 1.82) is 0 Å². The minimum absolute atomic E-state index is 0.0938. The molecular weight excluding hydrogens is 358 g/mol. The van der Waals surface area contributed by atoms with E-state index in [2.05, 4.69) is 5.32 Å². The van der Waals surface area contributed by atoms with Crippen molar-refractivity contribution < 1.29 is 38.8 Å². The predicted molar refractivity (Wildman–Crippen MR) is 86.4 cm³/mol. The van der Waals surface area contributed by atoms with E-state index in [4.69, 9.17) is 14.2 Å². The Hall–Kier alpha value is -3.75. The van der Waals surface area contributed by atoms with Crippen molar-refractivity contribution in [3.63, 3.8) is 0 Å². The van der Waals surface area contributed by atoms with Crippen molar-refractivity contribution in [3.8, 4) is 11.5 Å². The average molecular weight is 371 g/mol. The van der Waals surface area contributed by atoms with E-state index in [1.165, 1.54) is 14.2 Å². The highest BCUT2D eigenvalue weighted by Crippen LogP contribution is 2.42. The molecule has 3 rings (SSSR count). The topological polar surface area (TPSA) is 137 Å². The number of esters is 1. The van der Waals surface area contributed by atoms with Crippen LogP contribution in [0.2, 0.25) is 0 Å². The molecule has 0 spiro atoms. The Morgan fingerprint density at radius 2 is 1.67 bits per heavy atom. The lowest BCUT2D eigenvalue weighted by molar-refractivity contribution is -0.255. The van der Waals surface area contributed by atoms with Gasteiger partial charge in [0.05, 0.1) is 26.2 Å². The number of ether oxygens (including phenoxy) is 3. The molecule has 27 heavy (non-hydrogen) atoms. The Balaban J connectivity index is 2.01. The number of hydrogen-bond donors (Lipinski definition) is 1. The molecule has 0 radical (unpaired) electrons. The van der Waals surface area contributed by atoms with Gasteiger partial charge in [-0.25, -0.2) is 4.79 Å². The summed E-state index contributed by atoms with van der Waals surface area (Å²) in [5, 5.41) is 25.0. The highest BCUT2D eigenvalue weighted by atomic mass is 16.6. The fourth-order valence-electron chi connectivity index (χ4n) is 2.81. The monoisotopic (exact) mass is 371 g/mol. The Morgan fingerprint density at radius 3 is 2.19 bits per heavy atom. The first kappa shape index (κ1) is 18.1. The van der Waals surface area contributed by atoms with Crippen LogP contribution in [0.5, 0.6) is 11.5 Å². The summed E-state index contributed by atoms with van der Waals surface area (Å²) < 4.78 is 15.6. The fourth-order valence-corrected chi connectivity index (χ4v) is 2.81. The normalized spacial score (nSPS) is 14.9. The number of benzene rings is 2. The number of hydrogen-bond acceptors (Lipinski definition) is 9. The predicted octanol–water partition coefficient (Wildman–Crippen LogP) is -0.288. The molecule has 0 fully saturated rings. The molecule has 140 valence electrons. The lowest BCUT2D eigenvalue weighted by Crippen LogP contribution is -2.26. The SMILES string of the molecule is COc1ccc2c(c1OC)C(=O)O[C@@H]2Nc1cc(C(=O)[O-])cc(C(=O)[O-])c1. The number of carbonyl (C=O) groups is 3. The van der Waals surface area contributed by atoms with Crippen molar-refractivity contribution in [2.45, 2.75) is 6.23 Å². The summed E-state index contributed by atoms with van der Waals surface area (Å²) in [7, 11) is 2.80. The number of carboxylic acid groups (broad SMARTS) is 2.